The van der Waals surface area contributed by atoms with Crippen LogP contribution in [0, 0.1) is 0 Å². The zero-order chi connectivity index (χ0) is 10.9. The van der Waals surface area contributed by atoms with Gasteiger partial charge >= 0.3 is 0 Å². The Hall–Kier alpha value is -0.120. The van der Waals surface area contributed by atoms with Crippen LogP contribution in [0.25, 0.3) is 0 Å². The zero-order valence-corrected chi connectivity index (χ0v) is 10.3. The molecule has 15 heavy (non-hydrogen) atoms. The highest BCUT2D eigenvalue weighted by Crippen LogP contribution is 2.29. The second-order valence-electron chi connectivity index (χ2n) is 5.62. The SMILES string of the molecule is CN(CC1CCC(C)(C)O1)C1CCNC1. The van der Waals surface area contributed by atoms with E-state index in [-0.39, 0.29) is 5.60 Å². The molecule has 2 saturated heterocycles. The van der Waals surface area contributed by atoms with Gasteiger partial charge in [0.2, 0.25) is 0 Å². The Kier molecular flexibility index (Phi) is 3.33. The van der Waals surface area contributed by atoms with Crippen molar-refractivity contribution in [2.75, 3.05) is 26.7 Å². The minimum Gasteiger partial charge on any atom is -0.371 e. The molecule has 2 heterocycles. The number of hydrogen-bond donors (Lipinski definition) is 1. The van der Waals surface area contributed by atoms with Crippen LogP contribution in [0.2, 0.25) is 0 Å². The van der Waals surface area contributed by atoms with Crippen LogP contribution >= 0.6 is 0 Å². The molecule has 2 aliphatic heterocycles. The Balaban J connectivity index is 1.77. The molecular weight excluding hydrogens is 188 g/mol. The van der Waals surface area contributed by atoms with Crippen LogP contribution < -0.4 is 5.32 Å². The lowest BCUT2D eigenvalue weighted by atomic mass is 10.1. The molecule has 0 radical (unpaired) electrons. The summed E-state index contributed by atoms with van der Waals surface area (Å²) in [6, 6.07) is 0.720. The van der Waals surface area contributed by atoms with Gasteiger partial charge < -0.3 is 10.1 Å². The normalized spacial score (nSPS) is 35.2. The molecule has 2 aliphatic rings. The van der Waals surface area contributed by atoms with Crippen LogP contribution in [0.15, 0.2) is 0 Å². The van der Waals surface area contributed by atoms with E-state index in [0.29, 0.717) is 6.10 Å². The van der Waals surface area contributed by atoms with Gasteiger partial charge in [0.1, 0.15) is 0 Å². The lowest BCUT2D eigenvalue weighted by molar-refractivity contribution is -0.0293. The van der Waals surface area contributed by atoms with Crippen molar-refractivity contribution in [3.05, 3.63) is 0 Å². The molecule has 2 unspecified atom stereocenters. The summed E-state index contributed by atoms with van der Waals surface area (Å²) >= 11 is 0. The van der Waals surface area contributed by atoms with Crippen molar-refractivity contribution in [3.63, 3.8) is 0 Å². The highest BCUT2D eigenvalue weighted by molar-refractivity contribution is 4.85. The minimum atomic E-state index is 0.111. The molecule has 0 aromatic heterocycles. The monoisotopic (exact) mass is 212 g/mol. The molecule has 0 amide bonds. The third kappa shape index (κ3) is 2.92. The lowest BCUT2D eigenvalue weighted by Crippen LogP contribution is -2.39. The van der Waals surface area contributed by atoms with E-state index in [2.05, 4.69) is 31.1 Å². The van der Waals surface area contributed by atoms with Crippen molar-refractivity contribution in [2.24, 2.45) is 0 Å². The van der Waals surface area contributed by atoms with Gasteiger partial charge in [-0.3, -0.25) is 4.90 Å². The molecule has 0 saturated carbocycles. The van der Waals surface area contributed by atoms with Crippen LogP contribution in [-0.2, 0) is 4.74 Å². The summed E-state index contributed by atoms with van der Waals surface area (Å²) in [4.78, 5) is 2.46. The first-order chi connectivity index (χ1) is 7.07. The Morgan fingerprint density at radius 1 is 1.40 bits per heavy atom. The average Bonchev–Trinajstić information content (AvgIpc) is 2.74. The fraction of sp³-hybridized carbons (Fsp3) is 1.00. The van der Waals surface area contributed by atoms with Crippen LogP contribution in [0.5, 0.6) is 0 Å². The maximum atomic E-state index is 6.02. The molecule has 2 fully saturated rings. The molecule has 0 aliphatic carbocycles. The van der Waals surface area contributed by atoms with Gasteiger partial charge in [-0.25, -0.2) is 0 Å². The number of hydrogen-bond acceptors (Lipinski definition) is 3. The van der Waals surface area contributed by atoms with E-state index in [1.807, 2.05) is 0 Å². The van der Waals surface area contributed by atoms with Gasteiger partial charge in [-0.1, -0.05) is 0 Å². The van der Waals surface area contributed by atoms with E-state index >= 15 is 0 Å². The van der Waals surface area contributed by atoms with Gasteiger partial charge in [-0.15, -0.1) is 0 Å². The molecule has 0 aromatic carbocycles. The molecule has 0 bridgehead atoms. The van der Waals surface area contributed by atoms with Gasteiger partial charge in [0.15, 0.2) is 0 Å². The minimum absolute atomic E-state index is 0.111. The van der Waals surface area contributed by atoms with Gasteiger partial charge in [-0.05, 0) is 46.7 Å². The summed E-state index contributed by atoms with van der Waals surface area (Å²) in [6.07, 6.45) is 4.16. The highest BCUT2D eigenvalue weighted by Gasteiger charge is 2.33. The predicted molar refractivity (Wildman–Crippen MR) is 62.1 cm³/mol. The van der Waals surface area contributed by atoms with Crippen molar-refractivity contribution < 1.29 is 4.74 Å². The summed E-state index contributed by atoms with van der Waals surface area (Å²) in [6.45, 7) is 7.81. The summed E-state index contributed by atoms with van der Waals surface area (Å²) in [5, 5.41) is 3.41. The Labute approximate surface area is 93.2 Å². The van der Waals surface area contributed by atoms with Crippen LogP contribution in [0.3, 0.4) is 0 Å². The fourth-order valence-electron chi connectivity index (χ4n) is 2.69. The van der Waals surface area contributed by atoms with Crippen molar-refractivity contribution in [1.82, 2.24) is 10.2 Å². The fourth-order valence-corrected chi connectivity index (χ4v) is 2.69. The van der Waals surface area contributed by atoms with E-state index in [9.17, 15) is 0 Å². The van der Waals surface area contributed by atoms with Gasteiger partial charge in [0.05, 0.1) is 11.7 Å². The van der Waals surface area contributed by atoms with Crippen molar-refractivity contribution in [1.29, 1.82) is 0 Å². The average molecular weight is 212 g/mol. The van der Waals surface area contributed by atoms with Crippen LogP contribution in [0.1, 0.15) is 33.1 Å². The van der Waals surface area contributed by atoms with Crippen molar-refractivity contribution in [3.8, 4) is 0 Å². The van der Waals surface area contributed by atoms with Crippen LogP contribution in [-0.4, -0.2) is 49.3 Å². The number of nitrogens with zero attached hydrogens (tertiary/aromatic N) is 1. The van der Waals surface area contributed by atoms with E-state index in [4.69, 9.17) is 4.74 Å². The number of ether oxygens (including phenoxy) is 1. The summed E-state index contributed by atoms with van der Waals surface area (Å²) in [5.74, 6) is 0. The van der Waals surface area contributed by atoms with E-state index < -0.39 is 0 Å². The molecule has 2 atom stereocenters. The second kappa shape index (κ2) is 4.40. The van der Waals surface area contributed by atoms with Gasteiger partial charge in [0.25, 0.3) is 0 Å². The summed E-state index contributed by atoms with van der Waals surface area (Å²) in [7, 11) is 2.23. The molecule has 2 rings (SSSR count). The third-order valence-corrected chi connectivity index (χ3v) is 3.70. The smallest absolute Gasteiger partial charge is 0.0710 e. The molecule has 0 aromatic rings. The van der Waals surface area contributed by atoms with Crippen molar-refractivity contribution >= 4 is 0 Å². The van der Waals surface area contributed by atoms with E-state index in [1.165, 1.54) is 25.8 Å². The van der Waals surface area contributed by atoms with Crippen LogP contribution in [0.4, 0.5) is 0 Å². The lowest BCUT2D eigenvalue weighted by Gasteiger charge is -2.27. The van der Waals surface area contributed by atoms with E-state index in [1.54, 1.807) is 0 Å². The Bertz CT molecular complexity index is 212. The maximum Gasteiger partial charge on any atom is 0.0710 e. The standard InChI is InChI=1S/C12H24N2O/c1-12(2)6-4-11(15-12)9-14(3)10-5-7-13-8-10/h10-11,13H,4-9H2,1-3H3. The topological polar surface area (TPSA) is 24.5 Å². The first-order valence-corrected chi connectivity index (χ1v) is 6.16. The predicted octanol–water partition coefficient (Wildman–Crippen LogP) is 1.24. The number of likely N-dealkylation sites (N-methyl/N-ethyl adjacent to an activating group) is 1. The maximum absolute atomic E-state index is 6.02. The highest BCUT2D eigenvalue weighted by atomic mass is 16.5. The quantitative estimate of drug-likeness (QED) is 0.762. The second-order valence-corrected chi connectivity index (χ2v) is 5.62. The molecule has 0 spiro atoms. The first-order valence-electron chi connectivity index (χ1n) is 6.16. The third-order valence-electron chi connectivity index (χ3n) is 3.70. The molecule has 3 heteroatoms. The number of rotatable bonds is 3. The largest absolute Gasteiger partial charge is 0.371 e. The van der Waals surface area contributed by atoms with E-state index in [0.717, 1.165) is 19.1 Å². The Morgan fingerprint density at radius 3 is 2.73 bits per heavy atom. The molecule has 88 valence electrons. The van der Waals surface area contributed by atoms with Gasteiger partial charge in [0, 0.05) is 19.1 Å². The first kappa shape index (κ1) is 11.4. The molecule has 3 nitrogen and oxygen atoms in total. The zero-order valence-electron chi connectivity index (χ0n) is 10.3. The molecule has 1 N–H and O–H groups in total. The summed E-state index contributed by atoms with van der Waals surface area (Å²) < 4.78 is 6.02. The number of nitrogens with one attached hydrogen (secondary N) is 1. The van der Waals surface area contributed by atoms with Gasteiger partial charge in [-0.2, -0.15) is 0 Å². The summed E-state index contributed by atoms with van der Waals surface area (Å²) in [5.41, 5.74) is 0.111. The van der Waals surface area contributed by atoms with Crippen molar-refractivity contribution in [2.45, 2.75) is 50.9 Å². The Morgan fingerprint density at radius 2 is 2.20 bits per heavy atom. The molecular formula is C12H24N2O.